The molecule has 2 rings (SSSR count). The van der Waals surface area contributed by atoms with Crippen LogP contribution in [0.4, 0.5) is 0 Å². The predicted molar refractivity (Wildman–Crippen MR) is 46.5 cm³/mol. The van der Waals surface area contributed by atoms with Crippen molar-refractivity contribution >= 4 is 5.97 Å². The molecule has 13 heavy (non-hydrogen) atoms. The second kappa shape index (κ2) is 3.64. The topological polar surface area (TPSA) is 58.6 Å². The molecular weight excluding hydrogens is 170 g/mol. The van der Waals surface area contributed by atoms with E-state index >= 15 is 0 Å². The molecule has 0 bridgehead atoms. The van der Waals surface area contributed by atoms with Gasteiger partial charge >= 0.3 is 5.97 Å². The van der Waals surface area contributed by atoms with Crippen molar-refractivity contribution in [3.05, 3.63) is 0 Å². The number of morpholine rings is 1. The zero-order valence-corrected chi connectivity index (χ0v) is 7.53. The fourth-order valence-corrected chi connectivity index (χ4v) is 1.79. The van der Waals surface area contributed by atoms with Crippen LogP contribution in [0.2, 0.25) is 0 Å². The third kappa shape index (κ3) is 2.42. The molecule has 0 aromatic heterocycles. The molecule has 1 aliphatic heterocycles. The maximum absolute atomic E-state index is 10.5. The molecule has 0 amide bonds. The molecule has 2 N–H and O–H groups in total. The summed E-state index contributed by atoms with van der Waals surface area (Å²) in [4.78, 5) is 10.5. The van der Waals surface area contributed by atoms with Crippen LogP contribution in [0.15, 0.2) is 0 Å². The molecule has 0 radical (unpaired) electrons. The fourth-order valence-electron chi connectivity index (χ4n) is 1.79. The van der Waals surface area contributed by atoms with Crippen molar-refractivity contribution in [2.24, 2.45) is 5.92 Å². The lowest BCUT2D eigenvalue weighted by Gasteiger charge is -2.30. The largest absolute Gasteiger partial charge is 0.481 e. The van der Waals surface area contributed by atoms with Gasteiger partial charge in [-0.1, -0.05) is 0 Å². The first-order valence-electron chi connectivity index (χ1n) is 4.83. The van der Waals surface area contributed by atoms with E-state index in [4.69, 9.17) is 9.84 Å². The number of nitrogens with one attached hydrogen (secondary N) is 1. The van der Waals surface area contributed by atoms with E-state index in [-0.39, 0.29) is 18.6 Å². The number of hydrogen-bond donors (Lipinski definition) is 2. The highest BCUT2D eigenvalue weighted by molar-refractivity contribution is 5.67. The molecule has 4 heteroatoms. The molecule has 1 saturated heterocycles. The van der Waals surface area contributed by atoms with Gasteiger partial charge in [0.2, 0.25) is 0 Å². The van der Waals surface area contributed by atoms with Crippen molar-refractivity contribution in [2.75, 3.05) is 13.1 Å². The minimum Gasteiger partial charge on any atom is -0.481 e. The quantitative estimate of drug-likeness (QED) is 0.660. The minimum absolute atomic E-state index is 0.121. The number of carbonyl (C=O) groups is 1. The molecule has 1 saturated carbocycles. The number of hydrogen-bond acceptors (Lipinski definition) is 3. The lowest BCUT2D eigenvalue weighted by atomic mass is 10.1. The van der Waals surface area contributed by atoms with Gasteiger partial charge in [0, 0.05) is 13.1 Å². The smallest absolute Gasteiger partial charge is 0.306 e. The van der Waals surface area contributed by atoms with Crippen molar-refractivity contribution in [2.45, 2.75) is 31.5 Å². The average Bonchev–Trinajstić information content (AvgIpc) is 2.85. The van der Waals surface area contributed by atoms with E-state index in [1.165, 1.54) is 12.8 Å². The number of aliphatic carboxylic acids is 1. The van der Waals surface area contributed by atoms with E-state index < -0.39 is 5.97 Å². The van der Waals surface area contributed by atoms with Crippen molar-refractivity contribution in [1.82, 2.24) is 5.32 Å². The first-order chi connectivity index (χ1) is 6.25. The van der Waals surface area contributed by atoms with Crippen LogP contribution < -0.4 is 5.32 Å². The van der Waals surface area contributed by atoms with Gasteiger partial charge in [0.25, 0.3) is 0 Å². The van der Waals surface area contributed by atoms with Gasteiger partial charge < -0.3 is 15.2 Å². The Balaban J connectivity index is 1.80. The Morgan fingerprint density at radius 1 is 1.46 bits per heavy atom. The molecule has 0 aromatic rings. The van der Waals surface area contributed by atoms with E-state index in [0.717, 1.165) is 6.54 Å². The van der Waals surface area contributed by atoms with Gasteiger partial charge in [0.1, 0.15) is 0 Å². The summed E-state index contributed by atoms with van der Waals surface area (Å²) in [7, 11) is 0. The van der Waals surface area contributed by atoms with E-state index in [0.29, 0.717) is 12.5 Å². The SMILES string of the molecule is O=C(O)CC1CNCC(C2CC2)O1. The van der Waals surface area contributed by atoms with Crippen LogP contribution >= 0.6 is 0 Å². The summed E-state index contributed by atoms with van der Waals surface area (Å²) in [5.41, 5.74) is 0. The van der Waals surface area contributed by atoms with Gasteiger partial charge in [-0.2, -0.15) is 0 Å². The highest BCUT2D eigenvalue weighted by Gasteiger charge is 2.35. The normalized spacial score (nSPS) is 34.5. The maximum atomic E-state index is 10.5. The van der Waals surface area contributed by atoms with Gasteiger partial charge in [-0.05, 0) is 18.8 Å². The average molecular weight is 185 g/mol. The summed E-state index contributed by atoms with van der Waals surface area (Å²) < 4.78 is 5.68. The third-order valence-corrected chi connectivity index (χ3v) is 2.63. The zero-order valence-electron chi connectivity index (χ0n) is 7.53. The monoisotopic (exact) mass is 185 g/mol. The molecule has 1 aliphatic carbocycles. The molecular formula is C9H15NO3. The Labute approximate surface area is 77.3 Å². The van der Waals surface area contributed by atoms with Gasteiger partial charge in [-0.3, -0.25) is 4.79 Å². The predicted octanol–water partition coefficient (Wildman–Crippen LogP) is 0.228. The van der Waals surface area contributed by atoms with Crippen molar-refractivity contribution in [3.8, 4) is 0 Å². The molecule has 0 aromatic carbocycles. The first kappa shape index (κ1) is 8.97. The molecule has 4 nitrogen and oxygen atoms in total. The lowest BCUT2D eigenvalue weighted by Crippen LogP contribution is -2.46. The summed E-state index contributed by atoms with van der Waals surface area (Å²) in [6, 6.07) is 0. The van der Waals surface area contributed by atoms with Crippen molar-refractivity contribution < 1.29 is 14.6 Å². The third-order valence-electron chi connectivity index (χ3n) is 2.63. The van der Waals surface area contributed by atoms with Gasteiger partial charge in [0.05, 0.1) is 18.6 Å². The van der Waals surface area contributed by atoms with Gasteiger partial charge in [-0.15, -0.1) is 0 Å². The van der Waals surface area contributed by atoms with Crippen LogP contribution in [-0.4, -0.2) is 36.4 Å². The summed E-state index contributed by atoms with van der Waals surface area (Å²) >= 11 is 0. The molecule has 1 heterocycles. The number of rotatable bonds is 3. The fraction of sp³-hybridized carbons (Fsp3) is 0.889. The molecule has 2 unspecified atom stereocenters. The van der Waals surface area contributed by atoms with E-state index in [1.54, 1.807) is 0 Å². The van der Waals surface area contributed by atoms with Crippen molar-refractivity contribution in [3.63, 3.8) is 0 Å². The minimum atomic E-state index is -0.775. The van der Waals surface area contributed by atoms with Crippen LogP contribution in [0.25, 0.3) is 0 Å². The van der Waals surface area contributed by atoms with Crippen LogP contribution in [0.3, 0.4) is 0 Å². The standard InChI is InChI=1S/C9H15NO3/c11-9(12)3-7-4-10-5-8(13-7)6-1-2-6/h6-8,10H,1-5H2,(H,11,12). The molecule has 0 spiro atoms. The van der Waals surface area contributed by atoms with E-state index in [1.807, 2.05) is 0 Å². The Kier molecular flexibility index (Phi) is 2.51. The highest BCUT2D eigenvalue weighted by atomic mass is 16.5. The second-order valence-corrected chi connectivity index (χ2v) is 3.89. The van der Waals surface area contributed by atoms with E-state index in [2.05, 4.69) is 5.32 Å². The zero-order chi connectivity index (χ0) is 9.26. The maximum Gasteiger partial charge on any atom is 0.306 e. The van der Waals surface area contributed by atoms with Crippen LogP contribution in [0.5, 0.6) is 0 Å². The number of ether oxygens (including phenoxy) is 1. The number of carboxylic acid groups (broad SMARTS) is 1. The Morgan fingerprint density at radius 2 is 2.23 bits per heavy atom. The Bertz CT molecular complexity index is 203. The summed E-state index contributed by atoms with van der Waals surface area (Å²) in [5, 5.41) is 11.8. The summed E-state index contributed by atoms with van der Waals surface area (Å²) in [6.45, 7) is 1.57. The number of carboxylic acids is 1. The van der Waals surface area contributed by atoms with Crippen LogP contribution in [0, 0.1) is 5.92 Å². The molecule has 2 fully saturated rings. The lowest BCUT2D eigenvalue weighted by molar-refractivity contribution is -0.142. The molecule has 2 atom stereocenters. The van der Waals surface area contributed by atoms with Gasteiger partial charge in [0.15, 0.2) is 0 Å². The van der Waals surface area contributed by atoms with Crippen LogP contribution in [0.1, 0.15) is 19.3 Å². The summed E-state index contributed by atoms with van der Waals surface area (Å²) in [5.74, 6) is -0.0904. The van der Waals surface area contributed by atoms with E-state index in [9.17, 15) is 4.79 Å². The van der Waals surface area contributed by atoms with Gasteiger partial charge in [-0.25, -0.2) is 0 Å². The second-order valence-electron chi connectivity index (χ2n) is 3.89. The first-order valence-corrected chi connectivity index (χ1v) is 4.83. The Morgan fingerprint density at radius 3 is 2.85 bits per heavy atom. The van der Waals surface area contributed by atoms with Crippen molar-refractivity contribution in [1.29, 1.82) is 0 Å². The highest BCUT2D eigenvalue weighted by Crippen LogP contribution is 2.35. The van der Waals surface area contributed by atoms with Crippen LogP contribution in [-0.2, 0) is 9.53 Å². The summed E-state index contributed by atoms with van der Waals surface area (Å²) in [6.07, 6.45) is 2.74. The molecule has 2 aliphatic rings. The Hall–Kier alpha value is -0.610. The molecule has 74 valence electrons.